The van der Waals surface area contributed by atoms with Crippen LogP contribution in [0.3, 0.4) is 0 Å². The molecule has 3 aromatic carbocycles. The molecule has 0 aromatic heterocycles. The van der Waals surface area contributed by atoms with Gasteiger partial charge in [-0.2, -0.15) is 0 Å². The van der Waals surface area contributed by atoms with Crippen LogP contribution in [0.1, 0.15) is 44.6 Å². The molecule has 188 valence electrons. The van der Waals surface area contributed by atoms with Crippen molar-refractivity contribution in [3.05, 3.63) is 82.4 Å². The Kier molecular flexibility index (Phi) is 6.93. The molecule has 0 radical (unpaired) electrons. The predicted octanol–water partition coefficient (Wildman–Crippen LogP) is 4.90. The minimum atomic E-state index is -0.678. The van der Waals surface area contributed by atoms with Gasteiger partial charge in [-0.3, -0.25) is 9.59 Å². The number of methoxy groups -OCH3 is 3. The van der Waals surface area contributed by atoms with Crippen molar-refractivity contribution in [2.45, 2.75) is 25.8 Å². The van der Waals surface area contributed by atoms with E-state index in [0.29, 0.717) is 28.4 Å². The Morgan fingerprint density at radius 1 is 0.861 bits per heavy atom. The second kappa shape index (κ2) is 9.93. The minimum Gasteiger partial charge on any atom is -0.497 e. The summed E-state index contributed by atoms with van der Waals surface area (Å²) >= 11 is 0. The number of aryl methyl sites for hydroxylation is 2. The molecule has 0 spiro atoms. The van der Waals surface area contributed by atoms with E-state index in [2.05, 4.69) is 0 Å². The van der Waals surface area contributed by atoms with E-state index in [0.717, 1.165) is 22.4 Å². The predicted molar refractivity (Wildman–Crippen MR) is 139 cm³/mol. The molecule has 1 aliphatic heterocycles. The first-order chi connectivity index (χ1) is 17.2. The highest BCUT2D eigenvalue weighted by atomic mass is 16.5. The second-order valence-electron chi connectivity index (χ2n) is 9.07. The van der Waals surface area contributed by atoms with Gasteiger partial charge in [0.25, 0.3) is 5.91 Å². The molecule has 1 heterocycles. The van der Waals surface area contributed by atoms with Crippen LogP contribution in [0.5, 0.6) is 17.2 Å². The molecule has 7 nitrogen and oxygen atoms in total. The molecule has 0 bridgehead atoms. The van der Waals surface area contributed by atoms with Gasteiger partial charge in [0.1, 0.15) is 5.75 Å². The topological polar surface area (TPSA) is 68.3 Å². The van der Waals surface area contributed by atoms with E-state index in [-0.39, 0.29) is 11.8 Å². The van der Waals surface area contributed by atoms with E-state index >= 15 is 0 Å². The van der Waals surface area contributed by atoms with Crippen LogP contribution >= 0.6 is 0 Å². The van der Waals surface area contributed by atoms with E-state index in [1.165, 1.54) is 7.11 Å². The lowest BCUT2D eigenvalue weighted by atomic mass is 9.78. The SMILES string of the molecule is COc1ccc([C@@H]2[C@@H](C(=O)N(C)c3ccc(C)c(C)c3)c3cc(OC)c(OC)cc3C(=O)N2C)cc1. The molecule has 2 atom stereocenters. The maximum Gasteiger partial charge on any atom is 0.254 e. The summed E-state index contributed by atoms with van der Waals surface area (Å²) in [7, 11) is 8.17. The smallest absolute Gasteiger partial charge is 0.254 e. The first kappa shape index (κ1) is 25.1. The fraction of sp³-hybridized carbons (Fsp3) is 0.310. The highest BCUT2D eigenvalue weighted by Crippen LogP contribution is 2.46. The first-order valence-corrected chi connectivity index (χ1v) is 11.7. The van der Waals surface area contributed by atoms with Gasteiger partial charge >= 0.3 is 0 Å². The molecule has 7 heteroatoms. The van der Waals surface area contributed by atoms with Crippen molar-refractivity contribution in [2.24, 2.45) is 0 Å². The van der Waals surface area contributed by atoms with Crippen LogP contribution in [0, 0.1) is 13.8 Å². The van der Waals surface area contributed by atoms with Crippen molar-refractivity contribution in [2.75, 3.05) is 40.3 Å². The number of likely N-dealkylation sites (N-methyl/N-ethyl adjacent to an activating group) is 2. The largest absolute Gasteiger partial charge is 0.497 e. The summed E-state index contributed by atoms with van der Waals surface area (Å²) in [4.78, 5) is 31.1. The van der Waals surface area contributed by atoms with Gasteiger partial charge < -0.3 is 24.0 Å². The van der Waals surface area contributed by atoms with Crippen LogP contribution in [0.2, 0.25) is 0 Å². The standard InChI is InChI=1S/C29H32N2O5/c1-17-8-11-20(14-18(17)2)30(3)29(33)26-22-15-24(35-6)25(36-7)16-23(22)28(32)31(4)27(26)19-9-12-21(34-5)13-10-19/h8-16,26-27H,1-7H3/t26-,27+/m0/s1. The molecular formula is C29H32N2O5. The van der Waals surface area contributed by atoms with Gasteiger partial charge in [0, 0.05) is 25.3 Å². The Balaban J connectivity index is 1.91. The number of hydrogen-bond donors (Lipinski definition) is 0. The highest BCUT2D eigenvalue weighted by Gasteiger charge is 2.44. The summed E-state index contributed by atoms with van der Waals surface area (Å²) in [6, 6.07) is 16.3. The molecule has 3 aromatic rings. The average Bonchev–Trinajstić information content (AvgIpc) is 2.90. The Hall–Kier alpha value is -4.00. The monoisotopic (exact) mass is 488 g/mol. The van der Waals surface area contributed by atoms with Crippen LogP contribution < -0.4 is 19.1 Å². The summed E-state index contributed by atoms with van der Waals surface area (Å²) in [6.07, 6.45) is 0. The van der Waals surface area contributed by atoms with Gasteiger partial charge in [0.15, 0.2) is 11.5 Å². The Morgan fingerprint density at radius 3 is 2.08 bits per heavy atom. The zero-order chi connectivity index (χ0) is 26.1. The number of hydrogen-bond acceptors (Lipinski definition) is 5. The fourth-order valence-corrected chi connectivity index (χ4v) is 4.80. The summed E-state index contributed by atoms with van der Waals surface area (Å²) in [5.74, 6) is 0.604. The molecule has 0 saturated heterocycles. The molecule has 0 fully saturated rings. The molecular weight excluding hydrogens is 456 g/mol. The van der Waals surface area contributed by atoms with E-state index in [1.54, 1.807) is 50.2 Å². The third kappa shape index (κ3) is 4.26. The number of anilines is 1. The average molecular weight is 489 g/mol. The molecule has 4 rings (SSSR count). The van der Waals surface area contributed by atoms with Crippen molar-refractivity contribution in [1.29, 1.82) is 0 Å². The number of carbonyl (C=O) groups is 2. The quantitative estimate of drug-likeness (QED) is 0.494. The number of fused-ring (bicyclic) bond motifs is 1. The molecule has 36 heavy (non-hydrogen) atoms. The number of ether oxygens (including phenoxy) is 3. The Morgan fingerprint density at radius 2 is 1.50 bits per heavy atom. The molecule has 1 aliphatic rings. The summed E-state index contributed by atoms with van der Waals surface area (Å²) in [6.45, 7) is 4.06. The van der Waals surface area contributed by atoms with E-state index in [4.69, 9.17) is 14.2 Å². The summed E-state index contributed by atoms with van der Waals surface area (Å²) < 4.78 is 16.3. The van der Waals surface area contributed by atoms with Gasteiger partial charge in [-0.15, -0.1) is 0 Å². The van der Waals surface area contributed by atoms with Crippen LogP contribution in [0.15, 0.2) is 54.6 Å². The van der Waals surface area contributed by atoms with Gasteiger partial charge in [-0.1, -0.05) is 18.2 Å². The van der Waals surface area contributed by atoms with Crippen LogP contribution in [0.25, 0.3) is 0 Å². The zero-order valence-electron chi connectivity index (χ0n) is 21.8. The fourth-order valence-electron chi connectivity index (χ4n) is 4.80. The summed E-state index contributed by atoms with van der Waals surface area (Å²) in [5, 5.41) is 0. The van der Waals surface area contributed by atoms with E-state index in [1.807, 2.05) is 56.3 Å². The van der Waals surface area contributed by atoms with Gasteiger partial charge in [0.2, 0.25) is 5.91 Å². The van der Waals surface area contributed by atoms with Crippen molar-refractivity contribution < 1.29 is 23.8 Å². The van der Waals surface area contributed by atoms with Gasteiger partial charge in [-0.05, 0) is 72.5 Å². The normalized spacial score (nSPS) is 16.9. The molecule has 0 N–H and O–H groups in total. The zero-order valence-corrected chi connectivity index (χ0v) is 21.8. The van der Waals surface area contributed by atoms with E-state index in [9.17, 15) is 9.59 Å². The highest BCUT2D eigenvalue weighted by molar-refractivity contribution is 6.05. The number of amides is 2. The van der Waals surface area contributed by atoms with Crippen LogP contribution in [0.4, 0.5) is 5.69 Å². The van der Waals surface area contributed by atoms with Crippen LogP contribution in [-0.2, 0) is 4.79 Å². The maximum absolute atomic E-state index is 14.3. The Labute approximate surface area is 212 Å². The first-order valence-electron chi connectivity index (χ1n) is 11.7. The van der Waals surface area contributed by atoms with Crippen molar-refractivity contribution in [3.63, 3.8) is 0 Å². The van der Waals surface area contributed by atoms with Gasteiger partial charge in [0.05, 0.1) is 33.3 Å². The maximum atomic E-state index is 14.3. The number of nitrogens with zero attached hydrogens (tertiary/aromatic N) is 2. The molecule has 0 unspecified atom stereocenters. The number of benzene rings is 3. The summed E-state index contributed by atoms with van der Waals surface area (Å²) in [5.41, 5.74) is 4.91. The third-order valence-corrected chi connectivity index (χ3v) is 7.11. The third-order valence-electron chi connectivity index (χ3n) is 7.11. The minimum absolute atomic E-state index is 0.133. The lowest BCUT2D eigenvalue weighted by Gasteiger charge is -2.41. The Bertz CT molecular complexity index is 1300. The lowest BCUT2D eigenvalue weighted by molar-refractivity contribution is -0.121. The molecule has 0 saturated carbocycles. The van der Waals surface area contributed by atoms with Crippen molar-refractivity contribution >= 4 is 17.5 Å². The van der Waals surface area contributed by atoms with Crippen molar-refractivity contribution in [1.82, 2.24) is 4.90 Å². The van der Waals surface area contributed by atoms with E-state index < -0.39 is 12.0 Å². The lowest BCUT2D eigenvalue weighted by Crippen LogP contribution is -2.46. The number of carbonyl (C=O) groups excluding carboxylic acids is 2. The van der Waals surface area contributed by atoms with Crippen LogP contribution in [-0.4, -0.2) is 52.1 Å². The number of rotatable bonds is 6. The van der Waals surface area contributed by atoms with Crippen molar-refractivity contribution in [3.8, 4) is 17.2 Å². The van der Waals surface area contributed by atoms with Gasteiger partial charge in [-0.25, -0.2) is 0 Å². The molecule has 2 amide bonds. The molecule has 0 aliphatic carbocycles. The second-order valence-corrected chi connectivity index (χ2v) is 9.07.